The molecule has 3 atom stereocenters. The second-order valence-corrected chi connectivity index (χ2v) is 12.1. The van der Waals surface area contributed by atoms with E-state index in [-0.39, 0.29) is 12.5 Å². The number of hydrogen-bond acceptors (Lipinski definition) is 4. The summed E-state index contributed by atoms with van der Waals surface area (Å²) in [6, 6.07) is -0.799. The third kappa shape index (κ3) is 26.0. The van der Waals surface area contributed by atoms with Gasteiger partial charge >= 0.3 is 0 Å². The molecule has 0 heterocycles. The van der Waals surface area contributed by atoms with E-state index in [1.165, 1.54) is 128 Å². The predicted molar refractivity (Wildman–Crippen MR) is 167 cm³/mol. The van der Waals surface area contributed by atoms with Crippen molar-refractivity contribution in [2.45, 2.75) is 205 Å². The van der Waals surface area contributed by atoms with E-state index in [0.717, 1.165) is 32.1 Å². The molecule has 1 amide bonds. The maximum atomic E-state index is 12.3. The van der Waals surface area contributed by atoms with Crippen molar-refractivity contribution in [1.82, 2.24) is 5.32 Å². The first kappa shape index (κ1) is 38.4. The maximum absolute atomic E-state index is 12.3. The van der Waals surface area contributed by atoms with Crippen molar-refractivity contribution in [3.63, 3.8) is 0 Å². The first-order valence-electron chi connectivity index (χ1n) is 17.3. The van der Waals surface area contributed by atoms with Crippen LogP contribution >= 0.6 is 0 Å². The van der Waals surface area contributed by atoms with Crippen LogP contribution in [0.5, 0.6) is 0 Å². The molecule has 0 aromatic rings. The molecule has 0 saturated carbocycles. The lowest BCUT2D eigenvalue weighted by Crippen LogP contribution is -2.50. The summed E-state index contributed by atoms with van der Waals surface area (Å²) in [5, 5.41) is 33.2. The van der Waals surface area contributed by atoms with Gasteiger partial charge in [-0.1, -0.05) is 168 Å². The number of carbonyl (C=O) groups is 1. The van der Waals surface area contributed by atoms with Crippen molar-refractivity contribution in [2.24, 2.45) is 0 Å². The van der Waals surface area contributed by atoms with Crippen LogP contribution < -0.4 is 5.32 Å². The van der Waals surface area contributed by atoms with Crippen molar-refractivity contribution in [3.8, 4) is 0 Å². The zero-order chi connectivity index (χ0) is 28.8. The van der Waals surface area contributed by atoms with Gasteiger partial charge in [0.1, 0.15) is 6.10 Å². The number of aliphatic hydroxyl groups excluding tert-OH is 3. The van der Waals surface area contributed by atoms with Crippen LogP contribution in [0.15, 0.2) is 0 Å². The zero-order valence-corrected chi connectivity index (χ0v) is 26.3. The summed E-state index contributed by atoms with van der Waals surface area (Å²) in [5.74, 6) is -0.146. The number of amides is 1. The van der Waals surface area contributed by atoms with Crippen LogP contribution in [0.1, 0.15) is 187 Å². The summed E-state index contributed by atoms with van der Waals surface area (Å²) in [7, 11) is 0. The number of carbonyl (C=O) groups excluding carboxylic acids is 1. The Kier molecular flexibility index (Phi) is 29.8. The van der Waals surface area contributed by atoms with E-state index in [9.17, 15) is 20.1 Å². The molecule has 4 N–H and O–H groups in total. The third-order valence-electron chi connectivity index (χ3n) is 8.21. The van der Waals surface area contributed by atoms with Crippen molar-refractivity contribution < 1.29 is 20.1 Å². The van der Waals surface area contributed by atoms with Gasteiger partial charge in [0, 0.05) is 6.42 Å². The van der Waals surface area contributed by atoms with Gasteiger partial charge in [0.05, 0.1) is 18.8 Å². The largest absolute Gasteiger partial charge is 0.394 e. The third-order valence-corrected chi connectivity index (χ3v) is 8.21. The lowest BCUT2D eigenvalue weighted by Gasteiger charge is -2.26. The molecule has 0 aliphatic carbocycles. The Hall–Kier alpha value is -0.650. The fraction of sp³-hybridized carbons (Fsp3) is 0.971. The second-order valence-electron chi connectivity index (χ2n) is 12.1. The highest BCUT2D eigenvalue weighted by molar-refractivity contribution is 5.76. The summed E-state index contributed by atoms with van der Waals surface area (Å²) in [6.07, 6.45) is 30.5. The number of rotatable bonds is 31. The van der Waals surface area contributed by atoms with E-state index in [1.807, 2.05) is 0 Å². The molecule has 0 fully saturated rings. The average Bonchev–Trinajstić information content (AvgIpc) is 2.94. The van der Waals surface area contributed by atoms with Crippen molar-refractivity contribution in [3.05, 3.63) is 0 Å². The second kappa shape index (κ2) is 30.3. The predicted octanol–water partition coefficient (Wildman–Crippen LogP) is 8.76. The standard InChI is InChI=1S/C34H69NO4/c1-3-5-7-9-11-13-15-16-17-18-19-20-22-24-26-28-32(37)34(39)31(30-36)35-33(38)29-27-25-23-21-14-12-10-8-6-4-2/h31-32,34,36-37,39H,3-30H2,1-2H3,(H,35,38)/t31-,32+,34-/m0/s1. The maximum Gasteiger partial charge on any atom is 0.220 e. The summed E-state index contributed by atoms with van der Waals surface area (Å²) < 4.78 is 0. The summed E-state index contributed by atoms with van der Waals surface area (Å²) in [5.41, 5.74) is 0. The van der Waals surface area contributed by atoms with Gasteiger partial charge in [-0.15, -0.1) is 0 Å². The fourth-order valence-electron chi connectivity index (χ4n) is 5.45. The van der Waals surface area contributed by atoms with E-state index in [2.05, 4.69) is 19.2 Å². The van der Waals surface area contributed by atoms with Crippen molar-refractivity contribution in [1.29, 1.82) is 0 Å². The minimum Gasteiger partial charge on any atom is -0.394 e. The molecule has 0 aliphatic rings. The Morgan fingerprint density at radius 2 is 0.872 bits per heavy atom. The molecule has 0 bridgehead atoms. The average molecular weight is 556 g/mol. The quantitative estimate of drug-likeness (QED) is 0.0644. The number of nitrogens with one attached hydrogen (secondary N) is 1. The molecule has 39 heavy (non-hydrogen) atoms. The molecule has 0 spiro atoms. The monoisotopic (exact) mass is 556 g/mol. The SMILES string of the molecule is CCCCCCCCCCCCCCCCC[C@@H](O)[C@@H](O)[C@H](CO)NC(=O)CCCCCCCCCCCC. The van der Waals surface area contributed by atoms with Crippen LogP contribution in [-0.4, -0.2) is 46.1 Å². The smallest absolute Gasteiger partial charge is 0.220 e. The number of hydrogen-bond donors (Lipinski definition) is 4. The Balaban J connectivity index is 3.68. The van der Waals surface area contributed by atoms with Gasteiger partial charge in [-0.2, -0.15) is 0 Å². The normalized spacial score (nSPS) is 13.9. The first-order valence-corrected chi connectivity index (χ1v) is 17.3. The lowest BCUT2D eigenvalue weighted by atomic mass is 9.99. The van der Waals surface area contributed by atoms with Crippen LogP contribution in [0.25, 0.3) is 0 Å². The van der Waals surface area contributed by atoms with Gasteiger partial charge < -0.3 is 20.6 Å². The van der Waals surface area contributed by atoms with Gasteiger partial charge in [-0.25, -0.2) is 0 Å². The first-order chi connectivity index (χ1) is 19.1. The Labute approximate surface area is 243 Å². The molecule has 0 aliphatic heterocycles. The van der Waals surface area contributed by atoms with Crippen LogP contribution in [-0.2, 0) is 4.79 Å². The van der Waals surface area contributed by atoms with Crippen molar-refractivity contribution >= 4 is 5.91 Å². The topological polar surface area (TPSA) is 89.8 Å². The Morgan fingerprint density at radius 1 is 0.538 bits per heavy atom. The van der Waals surface area contributed by atoms with E-state index >= 15 is 0 Å². The van der Waals surface area contributed by atoms with Crippen LogP contribution in [0.2, 0.25) is 0 Å². The highest BCUT2D eigenvalue weighted by atomic mass is 16.3. The molecular formula is C34H69NO4. The Morgan fingerprint density at radius 3 is 1.23 bits per heavy atom. The summed E-state index contributed by atoms with van der Waals surface area (Å²) >= 11 is 0. The molecule has 234 valence electrons. The molecule has 0 unspecified atom stereocenters. The van der Waals surface area contributed by atoms with E-state index < -0.39 is 18.2 Å². The summed E-state index contributed by atoms with van der Waals surface area (Å²) in [4.78, 5) is 12.3. The van der Waals surface area contributed by atoms with Gasteiger partial charge in [0.15, 0.2) is 0 Å². The van der Waals surface area contributed by atoms with E-state index in [4.69, 9.17) is 0 Å². The molecule has 0 aromatic heterocycles. The highest BCUT2D eigenvalue weighted by Crippen LogP contribution is 2.16. The Bertz CT molecular complexity index is 502. The van der Waals surface area contributed by atoms with Crippen LogP contribution in [0.3, 0.4) is 0 Å². The summed E-state index contributed by atoms with van der Waals surface area (Å²) in [6.45, 7) is 4.15. The molecular weight excluding hydrogens is 486 g/mol. The van der Waals surface area contributed by atoms with Gasteiger partial charge in [-0.3, -0.25) is 4.79 Å². The van der Waals surface area contributed by atoms with Crippen LogP contribution in [0, 0.1) is 0 Å². The van der Waals surface area contributed by atoms with Gasteiger partial charge in [0.2, 0.25) is 5.91 Å². The van der Waals surface area contributed by atoms with E-state index in [1.54, 1.807) is 0 Å². The van der Waals surface area contributed by atoms with E-state index in [0.29, 0.717) is 12.8 Å². The highest BCUT2D eigenvalue weighted by Gasteiger charge is 2.26. The fourth-order valence-corrected chi connectivity index (χ4v) is 5.45. The molecule has 0 rings (SSSR count). The lowest BCUT2D eigenvalue weighted by molar-refractivity contribution is -0.124. The molecule has 5 heteroatoms. The minimum atomic E-state index is -1.13. The number of aliphatic hydroxyl groups is 3. The zero-order valence-electron chi connectivity index (χ0n) is 26.3. The van der Waals surface area contributed by atoms with Crippen LogP contribution in [0.4, 0.5) is 0 Å². The molecule has 0 radical (unpaired) electrons. The minimum absolute atomic E-state index is 0.146. The number of unbranched alkanes of at least 4 members (excludes halogenated alkanes) is 23. The molecule has 0 aromatic carbocycles. The molecule has 5 nitrogen and oxygen atoms in total. The van der Waals surface area contributed by atoms with Gasteiger partial charge in [-0.05, 0) is 12.8 Å². The van der Waals surface area contributed by atoms with Gasteiger partial charge in [0.25, 0.3) is 0 Å². The van der Waals surface area contributed by atoms with Crippen molar-refractivity contribution in [2.75, 3.05) is 6.61 Å². The molecule has 0 saturated heterocycles.